The molecule has 0 bridgehead atoms. The van der Waals surface area contributed by atoms with Gasteiger partial charge in [-0.05, 0) is 23.3 Å². The highest BCUT2D eigenvalue weighted by atomic mass is 16.5. The quantitative estimate of drug-likeness (QED) is 0.361. The van der Waals surface area contributed by atoms with Gasteiger partial charge < -0.3 is 19.9 Å². The highest BCUT2D eigenvalue weighted by Gasteiger charge is 2.43. The van der Waals surface area contributed by atoms with E-state index in [1.807, 2.05) is 30.3 Å². The second kappa shape index (κ2) is 11.8. The fourth-order valence-electron chi connectivity index (χ4n) is 4.41. The van der Waals surface area contributed by atoms with E-state index in [-0.39, 0.29) is 40.5 Å². The number of allylic oxidation sites excluding steroid dienone is 1. The third kappa shape index (κ3) is 5.22. The summed E-state index contributed by atoms with van der Waals surface area (Å²) < 4.78 is 15.6. The lowest BCUT2D eigenvalue weighted by Gasteiger charge is -2.36. The first-order chi connectivity index (χ1) is 18.9. The van der Waals surface area contributed by atoms with E-state index in [1.165, 1.54) is 24.1 Å². The molecule has 196 valence electrons. The number of rotatable bonds is 7. The van der Waals surface area contributed by atoms with E-state index in [0.29, 0.717) is 5.56 Å². The van der Waals surface area contributed by atoms with E-state index in [9.17, 15) is 19.6 Å². The fourth-order valence-corrected chi connectivity index (χ4v) is 4.41. The van der Waals surface area contributed by atoms with Gasteiger partial charge in [0.15, 0.2) is 0 Å². The van der Waals surface area contributed by atoms with Gasteiger partial charge in [0, 0.05) is 0 Å². The Morgan fingerprint density at radius 3 is 2.05 bits per heavy atom. The number of nitrogens with two attached hydrogens (primary N) is 1. The number of esters is 3. The van der Waals surface area contributed by atoms with E-state index in [4.69, 9.17) is 19.9 Å². The zero-order valence-corrected chi connectivity index (χ0v) is 21.3. The first kappa shape index (κ1) is 26.7. The average molecular weight is 524 g/mol. The minimum Gasteiger partial charge on any atom is -0.466 e. The maximum atomic E-state index is 13.3. The Hall–Kier alpha value is -5.36. The van der Waals surface area contributed by atoms with Crippen LogP contribution in [0.2, 0.25) is 0 Å². The van der Waals surface area contributed by atoms with Crippen molar-refractivity contribution < 1.29 is 28.6 Å². The molecule has 3 aromatic rings. The number of para-hydroxylation sites is 1. The van der Waals surface area contributed by atoms with Crippen molar-refractivity contribution in [1.82, 2.24) is 0 Å². The molecule has 0 fully saturated rings. The molecule has 0 spiro atoms. The number of nitrogens with zero attached hydrogens (tertiary/aromatic N) is 2. The second-order valence-corrected chi connectivity index (χ2v) is 8.41. The number of benzene rings is 3. The smallest absolute Gasteiger partial charge is 0.355 e. The second-order valence-electron chi connectivity index (χ2n) is 8.41. The number of carbonyl (C=O) groups is 3. The number of ether oxygens (including phenoxy) is 3. The highest BCUT2D eigenvalue weighted by Crippen LogP contribution is 2.43. The lowest BCUT2D eigenvalue weighted by atomic mass is 9.80. The summed E-state index contributed by atoms with van der Waals surface area (Å²) in [4.78, 5) is 40.9. The van der Waals surface area contributed by atoms with Gasteiger partial charge in [-0.15, -0.1) is 0 Å². The van der Waals surface area contributed by atoms with Crippen molar-refractivity contribution in [3.63, 3.8) is 0 Å². The molecule has 0 amide bonds. The molecule has 0 radical (unpaired) electrons. The first-order valence-electron chi connectivity index (χ1n) is 11.9. The van der Waals surface area contributed by atoms with Gasteiger partial charge in [0.05, 0.1) is 48.6 Å². The van der Waals surface area contributed by atoms with Gasteiger partial charge in [0.25, 0.3) is 0 Å². The van der Waals surface area contributed by atoms with E-state index in [2.05, 4.69) is 6.07 Å². The summed E-state index contributed by atoms with van der Waals surface area (Å²) >= 11 is 0. The predicted octanol–water partition coefficient (Wildman–Crippen LogP) is 3.94. The molecule has 0 saturated carbocycles. The Bertz CT molecular complexity index is 1510. The van der Waals surface area contributed by atoms with Crippen LogP contribution >= 0.6 is 0 Å². The van der Waals surface area contributed by atoms with Crippen LogP contribution in [-0.4, -0.2) is 32.1 Å². The number of hydrogen-bond donors (Lipinski definition) is 1. The Balaban J connectivity index is 1.92. The minimum absolute atomic E-state index is 0.00592. The molecule has 39 heavy (non-hydrogen) atoms. The van der Waals surface area contributed by atoms with Crippen LogP contribution in [0.25, 0.3) is 0 Å². The van der Waals surface area contributed by atoms with Crippen molar-refractivity contribution in [2.45, 2.75) is 12.5 Å². The summed E-state index contributed by atoms with van der Waals surface area (Å²) in [6, 6.07) is 26.1. The van der Waals surface area contributed by atoms with Crippen molar-refractivity contribution in [1.29, 1.82) is 5.26 Å². The zero-order chi connectivity index (χ0) is 27.9. The largest absolute Gasteiger partial charge is 0.466 e. The van der Waals surface area contributed by atoms with Crippen LogP contribution in [0.5, 0.6) is 0 Å². The summed E-state index contributed by atoms with van der Waals surface area (Å²) in [5.74, 6) is -3.65. The molecular weight excluding hydrogens is 498 g/mol. The van der Waals surface area contributed by atoms with Crippen LogP contribution in [0.15, 0.2) is 108 Å². The summed E-state index contributed by atoms with van der Waals surface area (Å²) in [7, 11) is 2.32. The highest BCUT2D eigenvalue weighted by molar-refractivity contribution is 6.08. The number of hydrogen-bond acceptors (Lipinski definition) is 9. The molecule has 1 unspecified atom stereocenters. The molecule has 1 aliphatic heterocycles. The Morgan fingerprint density at radius 1 is 0.846 bits per heavy atom. The molecule has 4 rings (SSSR count). The predicted molar refractivity (Wildman–Crippen MR) is 142 cm³/mol. The van der Waals surface area contributed by atoms with Crippen LogP contribution < -0.4 is 10.6 Å². The lowest BCUT2D eigenvalue weighted by molar-refractivity contribution is -0.139. The molecule has 9 nitrogen and oxygen atoms in total. The molecule has 0 aliphatic carbocycles. The van der Waals surface area contributed by atoms with Gasteiger partial charge in [-0.25, -0.2) is 14.4 Å². The summed E-state index contributed by atoms with van der Waals surface area (Å²) in [6.07, 6.45) is 0. The standard InChI is InChI=1S/C30H25N3O6/c1-37-29(35)25-24(20-13-7-4-8-14-20)22(17-31)27(32)33(26(25)30(36)38-2)23-16-10-9-15-21(23)28(34)39-18-19-11-5-3-6-12-19/h3-16,24H,18,32H2,1-2H3. The molecule has 0 aromatic heterocycles. The maximum Gasteiger partial charge on any atom is 0.355 e. The summed E-state index contributed by atoms with van der Waals surface area (Å²) in [5, 5.41) is 10.2. The van der Waals surface area contributed by atoms with E-state index < -0.39 is 23.8 Å². The Labute approximate surface area is 225 Å². The van der Waals surface area contributed by atoms with Gasteiger partial charge in [-0.2, -0.15) is 5.26 Å². The van der Waals surface area contributed by atoms with Crippen molar-refractivity contribution in [3.05, 3.63) is 124 Å². The normalized spacial score (nSPS) is 14.9. The molecule has 1 aliphatic rings. The van der Waals surface area contributed by atoms with Crippen LogP contribution in [0.3, 0.4) is 0 Å². The van der Waals surface area contributed by atoms with Crippen molar-refractivity contribution >= 4 is 23.6 Å². The van der Waals surface area contributed by atoms with E-state index >= 15 is 0 Å². The zero-order valence-electron chi connectivity index (χ0n) is 21.3. The summed E-state index contributed by atoms with van der Waals surface area (Å²) in [6.45, 7) is 0.00592. The average Bonchev–Trinajstić information content (AvgIpc) is 2.99. The molecule has 1 atom stereocenters. The minimum atomic E-state index is -1.02. The van der Waals surface area contributed by atoms with E-state index in [1.54, 1.807) is 42.5 Å². The Kier molecular flexibility index (Phi) is 8.07. The molecular formula is C30H25N3O6. The lowest BCUT2D eigenvalue weighted by Crippen LogP contribution is -2.41. The molecule has 3 aromatic carbocycles. The van der Waals surface area contributed by atoms with Crippen molar-refractivity contribution in [2.75, 3.05) is 19.1 Å². The SMILES string of the molecule is COC(=O)C1=C(C(=O)OC)N(c2ccccc2C(=O)OCc2ccccc2)C(N)=C(C#N)C1c1ccccc1. The van der Waals surface area contributed by atoms with E-state index in [0.717, 1.165) is 12.7 Å². The number of nitriles is 1. The molecule has 9 heteroatoms. The van der Waals surface area contributed by atoms with Gasteiger partial charge in [0.1, 0.15) is 18.1 Å². The van der Waals surface area contributed by atoms with Crippen molar-refractivity contribution in [2.24, 2.45) is 5.73 Å². The van der Waals surface area contributed by atoms with Gasteiger partial charge in [-0.1, -0.05) is 72.8 Å². The number of carbonyl (C=O) groups excluding carboxylic acids is 3. The number of methoxy groups -OCH3 is 2. The van der Waals surface area contributed by atoms with Crippen LogP contribution in [0, 0.1) is 11.3 Å². The third-order valence-corrected chi connectivity index (χ3v) is 6.19. The number of anilines is 1. The maximum absolute atomic E-state index is 13.3. The monoisotopic (exact) mass is 523 g/mol. The molecule has 0 saturated heterocycles. The Morgan fingerprint density at radius 2 is 1.44 bits per heavy atom. The topological polar surface area (TPSA) is 132 Å². The van der Waals surface area contributed by atoms with Crippen LogP contribution in [-0.2, 0) is 30.4 Å². The van der Waals surface area contributed by atoms with Gasteiger partial charge >= 0.3 is 17.9 Å². The summed E-state index contributed by atoms with van der Waals surface area (Å²) in [5.41, 5.74) is 7.59. The fraction of sp³-hybridized carbons (Fsp3) is 0.133. The van der Waals surface area contributed by atoms with Gasteiger partial charge in [-0.3, -0.25) is 4.90 Å². The van der Waals surface area contributed by atoms with Crippen LogP contribution in [0.4, 0.5) is 5.69 Å². The molecule has 1 heterocycles. The van der Waals surface area contributed by atoms with Crippen molar-refractivity contribution in [3.8, 4) is 6.07 Å². The van der Waals surface area contributed by atoms with Gasteiger partial charge in [0.2, 0.25) is 0 Å². The van der Waals surface area contributed by atoms with Crippen LogP contribution in [0.1, 0.15) is 27.4 Å². The molecule has 2 N–H and O–H groups in total. The third-order valence-electron chi connectivity index (χ3n) is 6.19. The first-order valence-corrected chi connectivity index (χ1v) is 11.9.